The van der Waals surface area contributed by atoms with Crippen molar-refractivity contribution >= 4 is 34.2 Å². The summed E-state index contributed by atoms with van der Waals surface area (Å²) in [4.78, 5) is 38.7. The number of pyridine rings is 1. The first-order valence-corrected chi connectivity index (χ1v) is 11.5. The number of nitrogens with zero attached hydrogens (tertiary/aromatic N) is 5. The number of nitriles is 1. The molecule has 5 rings (SSSR count). The molecule has 0 atom stereocenters. The summed E-state index contributed by atoms with van der Waals surface area (Å²) in [6, 6.07) is 9.91. The molecule has 9 nitrogen and oxygen atoms in total. The van der Waals surface area contributed by atoms with Gasteiger partial charge in [-0.15, -0.1) is 5.10 Å². The SMILES string of the molecule is N#Cc1nn(-c2cc(Cl)c(-n3ccc4c3ccc(=O)n4C3CCCCC3)c(Cl)c2)c(=O)[nH]c1=O. The Kier molecular flexibility index (Phi) is 5.63. The van der Waals surface area contributed by atoms with Gasteiger partial charge in [0.05, 0.1) is 32.5 Å². The Hall–Kier alpha value is -3.61. The van der Waals surface area contributed by atoms with E-state index >= 15 is 0 Å². The summed E-state index contributed by atoms with van der Waals surface area (Å²) >= 11 is 13.2. The summed E-state index contributed by atoms with van der Waals surface area (Å²) in [5, 5.41) is 13.3. The molecule has 11 heteroatoms. The van der Waals surface area contributed by atoms with Crippen molar-refractivity contribution in [3.63, 3.8) is 0 Å². The molecule has 1 saturated carbocycles. The molecule has 34 heavy (non-hydrogen) atoms. The second-order valence-electron chi connectivity index (χ2n) is 8.18. The Labute approximate surface area is 202 Å². The van der Waals surface area contributed by atoms with Crippen molar-refractivity contribution in [1.82, 2.24) is 23.9 Å². The minimum absolute atomic E-state index is 0.0403. The van der Waals surface area contributed by atoms with Crippen LogP contribution in [0, 0.1) is 11.3 Å². The van der Waals surface area contributed by atoms with E-state index in [1.807, 2.05) is 15.6 Å². The molecular weight excluding hydrogens is 479 g/mol. The zero-order valence-electron chi connectivity index (χ0n) is 17.8. The molecule has 1 aromatic carbocycles. The van der Waals surface area contributed by atoms with Crippen molar-refractivity contribution < 1.29 is 0 Å². The van der Waals surface area contributed by atoms with E-state index in [0.29, 0.717) is 5.69 Å². The van der Waals surface area contributed by atoms with Gasteiger partial charge in [0.25, 0.3) is 11.1 Å². The molecule has 0 spiro atoms. The molecule has 1 aliphatic carbocycles. The first-order chi connectivity index (χ1) is 16.4. The summed E-state index contributed by atoms with van der Waals surface area (Å²) in [6.07, 6.45) is 7.10. The molecular formula is C23H18Cl2N6O3. The monoisotopic (exact) mass is 496 g/mol. The van der Waals surface area contributed by atoms with E-state index in [1.54, 1.807) is 29.0 Å². The van der Waals surface area contributed by atoms with E-state index in [9.17, 15) is 14.4 Å². The first kappa shape index (κ1) is 22.2. The molecule has 0 bridgehead atoms. The largest absolute Gasteiger partial charge is 0.349 e. The van der Waals surface area contributed by atoms with Gasteiger partial charge in [0.15, 0.2) is 0 Å². The number of H-pyrrole nitrogens is 1. The highest BCUT2D eigenvalue weighted by Crippen LogP contribution is 2.35. The van der Waals surface area contributed by atoms with Gasteiger partial charge in [0.2, 0.25) is 5.69 Å². The second-order valence-corrected chi connectivity index (χ2v) is 8.99. The Bertz CT molecular complexity index is 1630. The fourth-order valence-corrected chi connectivity index (χ4v) is 5.27. The fourth-order valence-electron chi connectivity index (χ4n) is 4.62. The molecule has 3 heterocycles. The van der Waals surface area contributed by atoms with Crippen LogP contribution in [0.15, 0.2) is 50.9 Å². The minimum atomic E-state index is -0.875. The highest BCUT2D eigenvalue weighted by atomic mass is 35.5. The van der Waals surface area contributed by atoms with Gasteiger partial charge in [-0.1, -0.05) is 42.5 Å². The van der Waals surface area contributed by atoms with Crippen LogP contribution in [-0.2, 0) is 0 Å². The van der Waals surface area contributed by atoms with Crippen molar-refractivity contribution in [1.29, 1.82) is 5.26 Å². The van der Waals surface area contributed by atoms with E-state index in [-0.39, 0.29) is 27.3 Å². The third-order valence-electron chi connectivity index (χ3n) is 6.14. The summed E-state index contributed by atoms with van der Waals surface area (Å²) in [5.41, 5.74) is 0.0169. The second kappa shape index (κ2) is 8.63. The maximum atomic E-state index is 12.7. The highest BCUT2D eigenvalue weighted by molar-refractivity contribution is 6.38. The summed E-state index contributed by atoms with van der Waals surface area (Å²) in [5.74, 6) is 0. The molecule has 172 valence electrons. The summed E-state index contributed by atoms with van der Waals surface area (Å²) < 4.78 is 4.51. The van der Waals surface area contributed by atoms with Gasteiger partial charge in [-0.3, -0.25) is 14.6 Å². The van der Waals surface area contributed by atoms with Crippen LogP contribution in [0.1, 0.15) is 43.8 Å². The number of aromatic amines is 1. The number of hydrogen-bond acceptors (Lipinski definition) is 5. The topological polar surface area (TPSA) is 118 Å². The normalized spacial score (nSPS) is 14.4. The van der Waals surface area contributed by atoms with E-state index in [1.165, 1.54) is 18.6 Å². The van der Waals surface area contributed by atoms with Crippen LogP contribution in [0.2, 0.25) is 10.0 Å². The molecule has 4 aromatic rings. The van der Waals surface area contributed by atoms with Crippen molar-refractivity contribution in [3.8, 4) is 17.4 Å². The van der Waals surface area contributed by atoms with E-state index in [2.05, 4.69) is 5.10 Å². The van der Waals surface area contributed by atoms with E-state index in [4.69, 9.17) is 28.5 Å². The van der Waals surface area contributed by atoms with Gasteiger partial charge >= 0.3 is 5.69 Å². The van der Waals surface area contributed by atoms with Crippen LogP contribution >= 0.6 is 23.2 Å². The van der Waals surface area contributed by atoms with Crippen LogP contribution in [0.3, 0.4) is 0 Å². The molecule has 1 aliphatic rings. The van der Waals surface area contributed by atoms with E-state index < -0.39 is 16.9 Å². The lowest BCUT2D eigenvalue weighted by molar-refractivity contribution is 0.354. The number of halogens is 2. The van der Waals surface area contributed by atoms with Crippen molar-refractivity contribution in [2.75, 3.05) is 0 Å². The van der Waals surface area contributed by atoms with Crippen LogP contribution in [0.25, 0.3) is 22.4 Å². The molecule has 0 saturated heterocycles. The molecule has 0 aliphatic heterocycles. The molecule has 1 fully saturated rings. The average Bonchev–Trinajstić information content (AvgIpc) is 3.22. The van der Waals surface area contributed by atoms with Crippen molar-refractivity contribution in [3.05, 3.63) is 83.5 Å². The smallest absolute Gasteiger partial charge is 0.312 e. The third-order valence-corrected chi connectivity index (χ3v) is 6.72. The number of aromatic nitrogens is 5. The third kappa shape index (κ3) is 3.65. The number of nitrogens with one attached hydrogen (secondary N) is 1. The summed E-state index contributed by atoms with van der Waals surface area (Å²) in [7, 11) is 0. The van der Waals surface area contributed by atoms with Crippen LogP contribution in [0.5, 0.6) is 0 Å². The molecule has 3 aromatic heterocycles. The molecule has 1 N–H and O–H groups in total. The lowest BCUT2D eigenvalue weighted by Crippen LogP contribution is -2.33. The molecule has 0 radical (unpaired) electrons. The highest BCUT2D eigenvalue weighted by Gasteiger charge is 2.21. The van der Waals surface area contributed by atoms with Crippen LogP contribution < -0.4 is 16.8 Å². The maximum Gasteiger partial charge on any atom is 0.349 e. The van der Waals surface area contributed by atoms with Gasteiger partial charge in [0.1, 0.15) is 6.07 Å². The predicted octanol–water partition coefficient (Wildman–Crippen LogP) is 3.71. The Morgan fingerprint density at radius 2 is 1.71 bits per heavy atom. The van der Waals surface area contributed by atoms with Crippen molar-refractivity contribution in [2.24, 2.45) is 0 Å². The summed E-state index contributed by atoms with van der Waals surface area (Å²) in [6.45, 7) is 0. The number of rotatable bonds is 3. The van der Waals surface area contributed by atoms with Gasteiger partial charge < -0.3 is 9.13 Å². The lowest BCUT2D eigenvalue weighted by atomic mass is 9.95. The Morgan fingerprint density at radius 1 is 1.00 bits per heavy atom. The lowest BCUT2D eigenvalue weighted by Gasteiger charge is -2.25. The standard InChI is InChI=1S/C23H18Cl2N6O3/c24-15-10-14(31-23(34)27-22(33)17(12-26)28-31)11-16(25)21(15)29-9-8-19-18(29)6-7-20(32)30(19)13-4-2-1-3-5-13/h6-11,13H,1-5H2,(H,27,33,34). The Balaban J connectivity index is 1.66. The van der Waals surface area contributed by atoms with Gasteiger partial charge in [0, 0.05) is 18.3 Å². The van der Waals surface area contributed by atoms with Crippen LogP contribution in [0.4, 0.5) is 0 Å². The van der Waals surface area contributed by atoms with Gasteiger partial charge in [-0.25, -0.2) is 4.79 Å². The molecule has 0 amide bonds. The number of fused-ring (bicyclic) bond motifs is 1. The zero-order valence-corrected chi connectivity index (χ0v) is 19.3. The van der Waals surface area contributed by atoms with Crippen molar-refractivity contribution in [2.45, 2.75) is 38.1 Å². The van der Waals surface area contributed by atoms with Gasteiger partial charge in [-0.2, -0.15) is 9.94 Å². The Morgan fingerprint density at radius 3 is 2.38 bits per heavy atom. The zero-order chi connectivity index (χ0) is 24.0. The predicted molar refractivity (Wildman–Crippen MR) is 128 cm³/mol. The van der Waals surface area contributed by atoms with Gasteiger partial charge in [-0.05, 0) is 37.1 Å². The first-order valence-electron chi connectivity index (χ1n) is 10.7. The average molecular weight is 497 g/mol. The maximum absolute atomic E-state index is 12.7. The number of hydrogen-bond donors (Lipinski definition) is 1. The molecule has 0 unspecified atom stereocenters. The quantitative estimate of drug-likeness (QED) is 0.463. The minimum Gasteiger partial charge on any atom is -0.312 e. The fraction of sp³-hybridized carbons (Fsp3) is 0.261. The number of benzene rings is 1. The van der Waals surface area contributed by atoms with E-state index in [0.717, 1.165) is 41.4 Å². The van der Waals surface area contributed by atoms with Crippen LogP contribution in [-0.4, -0.2) is 23.9 Å².